The van der Waals surface area contributed by atoms with E-state index >= 15 is 0 Å². The largest absolute Gasteiger partial charge is 0.497 e. The quantitative estimate of drug-likeness (QED) is 0.699. The van der Waals surface area contributed by atoms with Crippen LogP contribution in [0.1, 0.15) is 31.2 Å². The number of hydrogen-bond acceptors (Lipinski definition) is 2. The molecule has 1 saturated carbocycles. The van der Waals surface area contributed by atoms with Gasteiger partial charge in [-0.2, -0.15) is 13.2 Å². The summed E-state index contributed by atoms with van der Waals surface area (Å²) in [4.78, 5) is 14.4. The number of ether oxygens (including phenoxy) is 1. The Labute approximate surface area is 146 Å². The first-order chi connectivity index (χ1) is 11.8. The lowest BCUT2D eigenvalue weighted by molar-refractivity contribution is -0.187. The second kappa shape index (κ2) is 8.41. The van der Waals surface area contributed by atoms with Crippen LogP contribution in [0.25, 0.3) is 0 Å². The topological polar surface area (TPSA) is 29.5 Å². The standard InChI is InChI=1S/C19H24F3NO2/c1-3-11-23(13-14-7-9-17(25-2)10-8-14)18(24)15-5-4-6-16(12-15)19(20,21)22/h3,7-10,15-16H,1,4-6,11-13H2,2H3. The summed E-state index contributed by atoms with van der Waals surface area (Å²) in [5.41, 5.74) is 0.902. The summed E-state index contributed by atoms with van der Waals surface area (Å²) < 4.78 is 44.1. The number of hydrogen-bond donors (Lipinski definition) is 0. The molecule has 2 atom stereocenters. The first-order valence-corrected chi connectivity index (χ1v) is 8.44. The molecule has 0 saturated heterocycles. The van der Waals surface area contributed by atoms with E-state index in [0.717, 1.165) is 5.56 Å². The van der Waals surface area contributed by atoms with Crippen molar-refractivity contribution < 1.29 is 22.7 Å². The third-order valence-electron chi connectivity index (χ3n) is 4.68. The van der Waals surface area contributed by atoms with Crippen LogP contribution < -0.4 is 4.74 Å². The zero-order valence-corrected chi connectivity index (χ0v) is 14.4. The van der Waals surface area contributed by atoms with Crippen molar-refractivity contribution in [2.45, 2.75) is 38.4 Å². The Kier molecular flexibility index (Phi) is 6.51. The highest BCUT2D eigenvalue weighted by molar-refractivity contribution is 5.79. The van der Waals surface area contributed by atoms with Crippen molar-refractivity contribution in [1.29, 1.82) is 0 Å². The third kappa shape index (κ3) is 5.25. The fourth-order valence-corrected chi connectivity index (χ4v) is 3.31. The minimum absolute atomic E-state index is 0.113. The monoisotopic (exact) mass is 355 g/mol. The molecule has 138 valence electrons. The number of nitrogens with zero attached hydrogens (tertiary/aromatic N) is 1. The molecule has 1 amide bonds. The van der Waals surface area contributed by atoms with Crippen LogP contribution in [0.15, 0.2) is 36.9 Å². The first kappa shape index (κ1) is 19.3. The molecular formula is C19H24F3NO2. The predicted octanol–water partition coefficient (Wildman–Crippen LogP) is 4.58. The number of halogens is 3. The average Bonchev–Trinajstić information content (AvgIpc) is 2.61. The van der Waals surface area contributed by atoms with Gasteiger partial charge in [0.05, 0.1) is 13.0 Å². The van der Waals surface area contributed by atoms with Crippen LogP contribution >= 0.6 is 0 Å². The van der Waals surface area contributed by atoms with Crippen LogP contribution in [0.2, 0.25) is 0 Å². The maximum Gasteiger partial charge on any atom is 0.391 e. The number of rotatable bonds is 6. The molecule has 1 fully saturated rings. The molecule has 3 nitrogen and oxygen atoms in total. The Morgan fingerprint density at radius 1 is 1.32 bits per heavy atom. The van der Waals surface area contributed by atoms with Gasteiger partial charge in [0, 0.05) is 19.0 Å². The number of methoxy groups -OCH3 is 1. The molecule has 0 heterocycles. The fraction of sp³-hybridized carbons (Fsp3) is 0.526. The number of benzene rings is 1. The molecule has 0 spiro atoms. The summed E-state index contributed by atoms with van der Waals surface area (Å²) in [6.45, 7) is 4.32. The lowest BCUT2D eigenvalue weighted by atomic mass is 9.80. The molecule has 0 aromatic heterocycles. The van der Waals surface area contributed by atoms with Gasteiger partial charge in [-0.15, -0.1) is 6.58 Å². The SMILES string of the molecule is C=CCN(Cc1ccc(OC)cc1)C(=O)C1CCCC(C(F)(F)F)C1. The normalized spacial score (nSPS) is 20.8. The van der Waals surface area contributed by atoms with Crippen LogP contribution in [0.4, 0.5) is 13.2 Å². The molecule has 1 aromatic carbocycles. The van der Waals surface area contributed by atoms with Gasteiger partial charge >= 0.3 is 6.18 Å². The number of alkyl halides is 3. The van der Waals surface area contributed by atoms with E-state index in [0.29, 0.717) is 31.7 Å². The zero-order chi connectivity index (χ0) is 18.4. The predicted molar refractivity (Wildman–Crippen MR) is 90.1 cm³/mol. The van der Waals surface area contributed by atoms with Gasteiger partial charge in [-0.05, 0) is 37.0 Å². The van der Waals surface area contributed by atoms with Crippen molar-refractivity contribution in [2.75, 3.05) is 13.7 Å². The van der Waals surface area contributed by atoms with Gasteiger partial charge in [-0.3, -0.25) is 4.79 Å². The Balaban J connectivity index is 2.07. The molecule has 6 heteroatoms. The van der Waals surface area contributed by atoms with Gasteiger partial charge in [0.2, 0.25) is 5.91 Å². The summed E-state index contributed by atoms with van der Waals surface area (Å²) >= 11 is 0. The molecule has 0 radical (unpaired) electrons. The van der Waals surface area contributed by atoms with Crippen LogP contribution in [0.5, 0.6) is 5.75 Å². The van der Waals surface area contributed by atoms with Gasteiger partial charge in [0.25, 0.3) is 0 Å². The minimum atomic E-state index is -4.22. The molecular weight excluding hydrogens is 331 g/mol. The van der Waals surface area contributed by atoms with Crippen LogP contribution in [-0.4, -0.2) is 30.6 Å². The summed E-state index contributed by atoms with van der Waals surface area (Å²) in [5.74, 6) is -1.45. The number of carbonyl (C=O) groups excluding carboxylic acids is 1. The van der Waals surface area contributed by atoms with Gasteiger partial charge in [0.1, 0.15) is 5.75 Å². The highest BCUT2D eigenvalue weighted by Gasteiger charge is 2.44. The van der Waals surface area contributed by atoms with E-state index in [1.54, 1.807) is 30.2 Å². The molecule has 0 bridgehead atoms. The van der Waals surface area contributed by atoms with E-state index in [-0.39, 0.29) is 18.7 Å². The second-order valence-corrected chi connectivity index (χ2v) is 6.46. The van der Waals surface area contributed by atoms with Gasteiger partial charge in [-0.25, -0.2) is 0 Å². The van der Waals surface area contributed by atoms with E-state index in [1.807, 2.05) is 12.1 Å². The van der Waals surface area contributed by atoms with Crippen molar-refractivity contribution in [3.63, 3.8) is 0 Å². The minimum Gasteiger partial charge on any atom is -0.497 e. The Bertz CT molecular complexity index is 583. The van der Waals surface area contributed by atoms with Crippen molar-refractivity contribution in [3.8, 4) is 5.75 Å². The molecule has 0 aliphatic heterocycles. The maximum atomic E-state index is 13.0. The lowest BCUT2D eigenvalue weighted by Crippen LogP contribution is -2.40. The van der Waals surface area contributed by atoms with Crippen molar-refractivity contribution in [1.82, 2.24) is 4.90 Å². The highest BCUT2D eigenvalue weighted by Crippen LogP contribution is 2.40. The molecule has 1 aliphatic carbocycles. The Hall–Kier alpha value is -1.98. The maximum absolute atomic E-state index is 13.0. The Morgan fingerprint density at radius 2 is 2.00 bits per heavy atom. The zero-order valence-electron chi connectivity index (χ0n) is 14.4. The van der Waals surface area contributed by atoms with E-state index in [9.17, 15) is 18.0 Å². The van der Waals surface area contributed by atoms with Crippen LogP contribution in [-0.2, 0) is 11.3 Å². The van der Waals surface area contributed by atoms with E-state index in [2.05, 4.69) is 6.58 Å². The van der Waals surface area contributed by atoms with Crippen molar-refractivity contribution in [2.24, 2.45) is 11.8 Å². The average molecular weight is 355 g/mol. The van der Waals surface area contributed by atoms with Gasteiger partial charge in [0.15, 0.2) is 0 Å². The van der Waals surface area contributed by atoms with E-state index in [1.165, 1.54) is 0 Å². The van der Waals surface area contributed by atoms with Crippen LogP contribution in [0, 0.1) is 11.8 Å². The molecule has 1 aromatic rings. The van der Waals surface area contributed by atoms with Crippen LogP contribution in [0.3, 0.4) is 0 Å². The summed E-state index contributed by atoms with van der Waals surface area (Å²) in [7, 11) is 1.57. The van der Waals surface area contributed by atoms with Gasteiger partial charge in [-0.1, -0.05) is 24.6 Å². The number of carbonyl (C=O) groups is 1. The molecule has 2 rings (SSSR count). The molecule has 1 aliphatic rings. The fourth-order valence-electron chi connectivity index (χ4n) is 3.31. The van der Waals surface area contributed by atoms with Crippen molar-refractivity contribution in [3.05, 3.63) is 42.5 Å². The lowest BCUT2D eigenvalue weighted by Gasteiger charge is -2.33. The third-order valence-corrected chi connectivity index (χ3v) is 4.68. The highest BCUT2D eigenvalue weighted by atomic mass is 19.4. The van der Waals surface area contributed by atoms with Crippen molar-refractivity contribution >= 4 is 5.91 Å². The summed E-state index contributed by atoms with van der Waals surface area (Å²) in [5, 5.41) is 0. The Morgan fingerprint density at radius 3 is 2.56 bits per heavy atom. The van der Waals surface area contributed by atoms with E-state index in [4.69, 9.17) is 4.74 Å². The first-order valence-electron chi connectivity index (χ1n) is 8.44. The summed E-state index contributed by atoms with van der Waals surface area (Å²) in [6, 6.07) is 7.29. The number of amides is 1. The van der Waals surface area contributed by atoms with E-state index < -0.39 is 18.0 Å². The smallest absolute Gasteiger partial charge is 0.391 e. The molecule has 0 N–H and O–H groups in total. The van der Waals surface area contributed by atoms with Gasteiger partial charge < -0.3 is 9.64 Å². The molecule has 2 unspecified atom stereocenters. The second-order valence-electron chi connectivity index (χ2n) is 6.46. The molecule has 25 heavy (non-hydrogen) atoms. The summed E-state index contributed by atoms with van der Waals surface area (Å²) in [6.07, 6.45) is -1.66.